The summed E-state index contributed by atoms with van der Waals surface area (Å²) in [6.45, 7) is 11.0. The van der Waals surface area contributed by atoms with Crippen LogP contribution in [0, 0.1) is 0 Å². The zero-order chi connectivity index (χ0) is 12.6. The van der Waals surface area contributed by atoms with Crippen molar-refractivity contribution in [1.29, 1.82) is 0 Å². The molecule has 2 nitrogen and oxygen atoms in total. The van der Waals surface area contributed by atoms with Crippen molar-refractivity contribution in [2.45, 2.75) is 84.4 Å². The van der Waals surface area contributed by atoms with Gasteiger partial charge in [-0.3, -0.25) is 0 Å². The van der Waals surface area contributed by atoms with Crippen LogP contribution in [-0.2, 0) is 4.74 Å². The van der Waals surface area contributed by atoms with Crippen LogP contribution in [0.15, 0.2) is 0 Å². The molecule has 0 bridgehead atoms. The maximum absolute atomic E-state index is 5.47. The molecule has 0 aliphatic heterocycles. The molecule has 0 aliphatic rings. The monoisotopic (exact) mass is 229 g/mol. The van der Waals surface area contributed by atoms with Gasteiger partial charge in [0.15, 0.2) is 0 Å². The summed E-state index contributed by atoms with van der Waals surface area (Å²) >= 11 is 0. The molecule has 0 aromatic rings. The lowest BCUT2D eigenvalue weighted by Crippen LogP contribution is -2.36. The summed E-state index contributed by atoms with van der Waals surface area (Å²) in [6, 6.07) is 1.22. The summed E-state index contributed by atoms with van der Waals surface area (Å²) in [6.07, 6.45) is 6.22. The maximum Gasteiger partial charge on any atom is 0.0623 e. The maximum atomic E-state index is 5.47. The van der Waals surface area contributed by atoms with Crippen molar-refractivity contribution in [3.05, 3.63) is 0 Å². The topological polar surface area (TPSA) is 21.3 Å². The van der Waals surface area contributed by atoms with Crippen LogP contribution in [0.3, 0.4) is 0 Å². The Morgan fingerprint density at radius 2 is 1.81 bits per heavy atom. The standard InChI is InChI=1S/C14H31NO/c1-7-8-9-13(15-12(2)3)10-11-14(4,5)16-6/h12-13,15H,7-11H2,1-6H3. The van der Waals surface area contributed by atoms with E-state index in [-0.39, 0.29) is 5.60 Å². The van der Waals surface area contributed by atoms with Gasteiger partial charge in [-0.15, -0.1) is 0 Å². The second-order valence-electron chi connectivity index (χ2n) is 5.66. The Balaban J connectivity index is 3.99. The summed E-state index contributed by atoms with van der Waals surface area (Å²) in [4.78, 5) is 0. The fourth-order valence-electron chi connectivity index (χ4n) is 1.86. The molecule has 16 heavy (non-hydrogen) atoms. The predicted octanol–water partition coefficient (Wildman–Crippen LogP) is 3.75. The zero-order valence-electron chi connectivity index (χ0n) is 12.1. The zero-order valence-corrected chi connectivity index (χ0v) is 12.1. The van der Waals surface area contributed by atoms with Crippen molar-refractivity contribution in [2.75, 3.05) is 7.11 Å². The van der Waals surface area contributed by atoms with E-state index in [2.05, 4.69) is 39.9 Å². The van der Waals surface area contributed by atoms with Gasteiger partial charge in [-0.25, -0.2) is 0 Å². The Hall–Kier alpha value is -0.0800. The van der Waals surface area contributed by atoms with Crippen LogP contribution in [0.25, 0.3) is 0 Å². The molecule has 0 radical (unpaired) electrons. The van der Waals surface area contributed by atoms with Crippen LogP contribution in [0.4, 0.5) is 0 Å². The molecule has 0 aromatic carbocycles. The first-order valence-corrected chi connectivity index (χ1v) is 6.72. The minimum absolute atomic E-state index is 0.0170. The Morgan fingerprint density at radius 3 is 2.25 bits per heavy atom. The fourth-order valence-corrected chi connectivity index (χ4v) is 1.86. The van der Waals surface area contributed by atoms with E-state index < -0.39 is 0 Å². The van der Waals surface area contributed by atoms with E-state index in [4.69, 9.17) is 4.74 Å². The van der Waals surface area contributed by atoms with Gasteiger partial charge in [-0.2, -0.15) is 0 Å². The minimum Gasteiger partial charge on any atom is -0.379 e. The Bertz CT molecular complexity index is 166. The van der Waals surface area contributed by atoms with Crippen LogP contribution in [0.2, 0.25) is 0 Å². The molecule has 1 N–H and O–H groups in total. The Morgan fingerprint density at radius 1 is 1.19 bits per heavy atom. The van der Waals surface area contributed by atoms with Gasteiger partial charge in [0.05, 0.1) is 5.60 Å². The van der Waals surface area contributed by atoms with Gasteiger partial charge in [-0.1, -0.05) is 33.6 Å². The molecular formula is C14H31NO. The van der Waals surface area contributed by atoms with Crippen LogP contribution in [0.5, 0.6) is 0 Å². The highest BCUT2D eigenvalue weighted by atomic mass is 16.5. The van der Waals surface area contributed by atoms with E-state index in [1.54, 1.807) is 7.11 Å². The van der Waals surface area contributed by atoms with Crippen molar-refractivity contribution in [1.82, 2.24) is 5.32 Å². The van der Waals surface area contributed by atoms with Crippen LogP contribution in [0.1, 0.15) is 66.7 Å². The van der Waals surface area contributed by atoms with Gasteiger partial charge < -0.3 is 10.1 Å². The third-order valence-electron chi connectivity index (χ3n) is 3.12. The molecule has 98 valence electrons. The van der Waals surface area contributed by atoms with Gasteiger partial charge in [0.2, 0.25) is 0 Å². The molecule has 1 unspecified atom stereocenters. The lowest BCUT2D eigenvalue weighted by molar-refractivity contribution is 0.0113. The summed E-state index contributed by atoms with van der Waals surface area (Å²) in [5.41, 5.74) is 0.0170. The number of hydrogen-bond acceptors (Lipinski definition) is 2. The number of ether oxygens (including phenoxy) is 1. The first-order chi connectivity index (χ1) is 7.41. The minimum atomic E-state index is 0.0170. The number of methoxy groups -OCH3 is 1. The smallest absolute Gasteiger partial charge is 0.0623 e. The number of unbranched alkanes of at least 4 members (excludes halogenated alkanes) is 1. The summed E-state index contributed by atoms with van der Waals surface area (Å²) in [5.74, 6) is 0. The average Bonchev–Trinajstić information content (AvgIpc) is 2.21. The van der Waals surface area contributed by atoms with Crippen LogP contribution < -0.4 is 5.32 Å². The third-order valence-corrected chi connectivity index (χ3v) is 3.12. The fraction of sp³-hybridized carbons (Fsp3) is 1.00. The molecule has 0 amide bonds. The number of rotatable bonds is 9. The van der Waals surface area contributed by atoms with E-state index in [9.17, 15) is 0 Å². The van der Waals surface area contributed by atoms with E-state index in [0.717, 1.165) is 6.42 Å². The van der Waals surface area contributed by atoms with E-state index in [1.165, 1.54) is 25.7 Å². The quantitative estimate of drug-likeness (QED) is 0.650. The second kappa shape index (κ2) is 8.08. The highest BCUT2D eigenvalue weighted by Crippen LogP contribution is 2.19. The first kappa shape index (κ1) is 15.9. The highest BCUT2D eigenvalue weighted by Gasteiger charge is 2.19. The average molecular weight is 229 g/mol. The lowest BCUT2D eigenvalue weighted by Gasteiger charge is -2.27. The normalized spacial score (nSPS) is 14.4. The summed E-state index contributed by atoms with van der Waals surface area (Å²) in [5, 5.41) is 3.66. The van der Waals surface area contributed by atoms with Crippen molar-refractivity contribution in [2.24, 2.45) is 0 Å². The molecule has 0 aromatic heterocycles. The predicted molar refractivity (Wildman–Crippen MR) is 71.9 cm³/mol. The van der Waals surface area contributed by atoms with Crippen molar-refractivity contribution >= 4 is 0 Å². The van der Waals surface area contributed by atoms with E-state index >= 15 is 0 Å². The highest BCUT2D eigenvalue weighted by molar-refractivity contribution is 4.75. The molecule has 0 spiro atoms. The van der Waals surface area contributed by atoms with Crippen molar-refractivity contribution < 1.29 is 4.74 Å². The Kier molecular flexibility index (Phi) is 8.04. The largest absolute Gasteiger partial charge is 0.379 e. The van der Waals surface area contributed by atoms with Gasteiger partial charge in [0.25, 0.3) is 0 Å². The number of hydrogen-bond donors (Lipinski definition) is 1. The molecule has 0 saturated carbocycles. The molecular weight excluding hydrogens is 198 g/mol. The molecule has 0 aliphatic carbocycles. The van der Waals surface area contributed by atoms with E-state index in [1.807, 2.05) is 0 Å². The van der Waals surface area contributed by atoms with Crippen LogP contribution in [-0.4, -0.2) is 24.8 Å². The molecule has 0 rings (SSSR count). The summed E-state index contributed by atoms with van der Waals surface area (Å²) < 4.78 is 5.47. The van der Waals surface area contributed by atoms with Crippen molar-refractivity contribution in [3.8, 4) is 0 Å². The van der Waals surface area contributed by atoms with E-state index in [0.29, 0.717) is 12.1 Å². The lowest BCUT2D eigenvalue weighted by atomic mass is 9.96. The molecule has 1 atom stereocenters. The number of nitrogens with one attached hydrogen (secondary N) is 1. The molecule has 0 fully saturated rings. The molecule has 0 saturated heterocycles. The Labute approximate surface area is 102 Å². The van der Waals surface area contributed by atoms with Crippen molar-refractivity contribution in [3.63, 3.8) is 0 Å². The van der Waals surface area contributed by atoms with Gasteiger partial charge in [0, 0.05) is 19.2 Å². The van der Waals surface area contributed by atoms with Gasteiger partial charge in [-0.05, 0) is 33.1 Å². The van der Waals surface area contributed by atoms with Gasteiger partial charge in [0.1, 0.15) is 0 Å². The first-order valence-electron chi connectivity index (χ1n) is 6.72. The SMILES string of the molecule is CCCCC(CCC(C)(C)OC)NC(C)C. The second-order valence-corrected chi connectivity index (χ2v) is 5.66. The third kappa shape index (κ3) is 8.12. The molecule has 0 heterocycles. The van der Waals surface area contributed by atoms with Crippen LogP contribution >= 0.6 is 0 Å². The molecule has 2 heteroatoms. The summed E-state index contributed by atoms with van der Waals surface area (Å²) in [7, 11) is 1.80. The van der Waals surface area contributed by atoms with Gasteiger partial charge >= 0.3 is 0 Å².